The number of rotatable bonds is 6. The molecule has 4 aromatic carbocycles. The molecule has 0 N–H and O–H groups in total. The molecule has 0 amide bonds. The standard InChI is InChI=1S/C13H9.C13H11.C11H17.2ClH.Zr/c1-3-7-12-10(5-1)9-11-6-2-4-8-13(11)12;1-3-7-12(8-4-1)11-13-9-5-2-6-10-13;1-5-9-6-7-10(8-9)11(2,3)4;;;/h1-5,7-8H,9H2;1-11H;6-8H,5H2,1-4H3;2*1H;/q;;;;;+2/p-2. The number of benzene rings is 4. The van der Waals surface area contributed by atoms with Gasteiger partial charge >= 0.3 is 238 Å². The number of allylic oxidation sites excluding steroid dienone is 4. The molecular formula is C37H37Cl2Zr. The van der Waals surface area contributed by atoms with Crippen LogP contribution in [0.1, 0.15) is 60.0 Å². The maximum Gasteiger partial charge on any atom is -1.00 e. The van der Waals surface area contributed by atoms with Gasteiger partial charge in [0.1, 0.15) is 0 Å². The molecule has 1 atom stereocenters. The summed E-state index contributed by atoms with van der Waals surface area (Å²) in [6, 6.07) is 39.1. The molecule has 0 nitrogen and oxygen atoms in total. The Hall–Kier alpha value is -2.18. The molecule has 2 aliphatic carbocycles. The third kappa shape index (κ3) is 5.76. The van der Waals surface area contributed by atoms with Crippen LogP contribution in [0.25, 0.3) is 11.1 Å². The number of hydrogen-bond donors (Lipinski definition) is 0. The largest absolute Gasteiger partial charge is 1.00 e. The van der Waals surface area contributed by atoms with E-state index >= 15 is 0 Å². The van der Waals surface area contributed by atoms with Gasteiger partial charge in [-0.2, -0.15) is 0 Å². The van der Waals surface area contributed by atoms with Crippen molar-refractivity contribution in [2.45, 2.75) is 47.8 Å². The third-order valence-electron chi connectivity index (χ3n) is 8.43. The van der Waals surface area contributed by atoms with Crippen molar-refractivity contribution in [1.29, 1.82) is 0 Å². The molecule has 203 valence electrons. The Morgan fingerprint density at radius 1 is 0.725 bits per heavy atom. The Bertz CT molecular complexity index is 1470. The van der Waals surface area contributed by atoms with Crippen molar-refractivity contribution in [3.05, 3.63) is 149 Å². The van der Waals surface area contributed by atoms with Crippen LogP contribution in [0.15, 0.2) is 126 Å². The molecular weight excluding hydrogens is 607 g/mol. The summed E-state index contributed by atoms with van der Waals surface area (Å²) in [5.41, 5.74) is 12.3. The van der Waals surface area contributed by atoms with E-state index < -0.39 is 21.8 Å². The second kappa shape index (κ2) is 12.8. The summed E-state index contributed by atoms with van der Waals surface area (Å²) in [5.74, 6) is 0. The summed E-state index contributed by atoms with van der Waals surface area (Å²) in [5, 5.41) is 0. The van der Waals surface area contributed by atoms with E-state index in [1.54, 1.807) is 14.4 Å². The average Bonchev–Trinajstić information content (AvgIpc) is 3.55. The molecule has 0 aromatic heterocycles. The maximum atomic E-state index is 2.70. The Morgan fingerprint density at radius 2 is 1.30 bits per heavy atom. The van der Waals surface area contributed by atoms with Gasteiger partial charge in [-0.3, -0.25) is 0 Å². The summed E-state index contributed by atoms with van der Waals surface area (Å²) in [6.45, 7) is 9.48. The van der Waals surface area contributed by atoms with E-state index in [1.807, 2.05) is 0 Å². The zero-order valence-electron chi connectivity index (χ0n) is 23.8. The first-order valence-electron chi connectivity index (χ1n) is 14.1. The molecule has 2 aliphatic rings. The first-order chi connectivity index (χ1) is 18.5. The van der Waals surface area contributed by atoms with Gasteiger partial charge in [-0.15, -0.1) is 0 Å². The van der Waals surface area contributed by atoms with Crippen molar-refractivity contribution >= 4 is 3.27 Å². The zero-order chi connectivity index (χ0) is 26.3. The average molecular weight is 644 g/mol. The van der Waals surface area contributed by atoms with Gasteiger partial charge in [0, 0.05) is 0 Å². The van der Waals surface area contributed by atoms with Gasteiger partial charge in [0.15, 0.2) is 0 Å². The Balaban J connectivity index is 0.00000185. The van der Waals surface area contributed by atoms with Crippen LogP contribution < -0.4 is 28.1 Å². The third-order valence-corrected chi connectivity index (χ3v) is 17.3. The van der Waals surface area contributed by atoms with Gasteiger partial charge in [-0.05, 0) is 0 Å². The molecule has 0 bridgehead atoms. The smallest absolute Gasteiger partial charge is 1.00 e. The first kappa shape index (κ1) is 30.8. The van der Waals surface area contributed by atoms with Crippen LogP contribution in [0, 0.1) is 5.41 Å². The molecule has 3 heteroatoms. The second-order valence-electron chi connectivity index (χ2n) is 11.8. The van der Waals surface area contributed by atoms with E-state index in [4.69, 9.17) is 0 Å². The molecule has 0 fully saturated rings. The molecule has 6 rings (SSSR count). The molecule has 1 unspecified atom stereocenters. The van der Waals surface area contributed by atoms with Crippen molar-refractivity contribution in [3.8, 4) is 11.1 Å². The monoisotopic (exact) mass is 641 g/mol. The van der Waals surface area contributed by atoms with Gasteiger partial charge in [0.05, 0.1) is 0 Å². The predicted molar refractivity (Wildman–Crippen MR) is 159 cm³/mol. The fourth-order valence-corrected chi connectivity index (χ4v) is 16.3. The fourth-order valence-electron chi connectivity index (χ4n) is 6.48. The van der Waals surface area contributed by atoms with Gasteiger partial charge in [0.25, 0.3) is 0 Å². The summed E-state index contributed by atoms with van der Waals surface area (Å²) in [4.78, 5) is 0. The summed E-state index contributed by atoms with van der Waals surface area (Å²) >= 11 is -2.56. The van der Waals surface area contributed by atoms with Crippen molar-refractivity contribution in [3.63, 3.8) is 0 Å². The van der Waals surface area contributed by atoms with Crippen LogP contribution in [0.3, 0.4) is 0 Å². The van der Waals surface area contributed by atoms with Crippen LogP contribution >= 0.6 is 0 Å². The number of halogens is 2. The summed E-state index contributed by atoms with van der Waals surface area (Å²) in [6.07, 6.45) is 7.45. The van der Waals surface area contributed by atoms with Crippen molar-refractivity contribution < 1.29 is 46.6 Å². The van der Waals surface area contributed by atoms with Gasteiger partial charge in [-0.1, -0.05) is 0 Å². The summed E-state index contributed by atoms with van der Waals surface area (Å²) < 4.78 is 2.71. The van der Waals surface area contributed by atoms with Crippen LogP contribution in [0.5, 0.6) is 0 Å². The van der Waals surface area contributed by atoms with E-state index in [9.17, 15) is 0 Å². The topological polar surface area (TPSA) is 0 Å². The molecule has 0 saturated heterocycles. The normalized spacial score (nSPS) is 15.4. The number of fused-ring (bicyclic) bond motifs is 3. The molecule has 0 spiro atoms. The van der Waals surface area contributed by atoms with Gasteiger partial charge in [0.2, 0.25) is 0 Å². The van der Waals surface area contributed by atoms with E-state index in [0.29, 0.717) is 7.25 Å². The van der Waals surface area contributed by atoms with E-state index in [0.717, 1.165) is 12.8 Å². The fraction of sp³-hybridized carbons (Fsp3) is 0.243. The van der Waals surface area contributed by atoms with Gasteiger partial charge < -0.3 is 24.8 Å². The first-order valence-corrected chi connectivity index (χ1v) is 18.1. The maximum absolute atomic E-state index is 2.70. The van der Waals surface area contributed by atoms with Crippen LogP contribution in [0.4, 0.5) is 0 Å². The molecule has 4 aromatic rings. The molecule has 0 aliphatic heterocycles. The predicted octanol–water partition coefficient (Wildman–Crippen LogP) is 3.41. The van der Waals surface area contributed by atoms with E-state index in [-0.39, 0.29) is 30.2 Å². The Kier molecular flexibility index (Phi) is 9.83. The van der Waals surface area contributed by atoms with Crippen LogP contribution in [-0.4, -0.2) is 0 Å². The minimum absolute atomic E-state index is 0. The van der Waals surface area contributed by atoms with E-state index in [2.05, 4.69) is 143 Å². The van der Waals surface area contributed by atoms with Crippen molar-refractivity contribution in [1.82, 2.24) is 0 Å². The van der Waals surface area contributed by atoms with E-state index in [1.165, 1.54) is 33.4 Å². The molecule has 0 radical (unpaired) electrons. The minimum atomic E-state index is -2.56. The van der Waals surface area contributed by atoms with Gasteiger partial charge in [-0.25, -0.2) is 0 Å². The SMILES string of the molecule is CCC1=CC(C(C)(C)C)=C[CH]1[Zr+2]([c]1cccc2c1Cc1ccccc1-2)[CH](c1ccccc1)c1ccccc1.[Cl-].[Cl-]. The van der Waals surface area contributed by atoms with Crippen molar-refractivity contribution in [2.75, 3.05) is 0 Å². The van der Waals surface area contributed by atoms with Crippen LogP contribution in [0.2, 0.25) is 3.63 Å². The van der Waals surface area contributed by atoms with Crippen LogP contribution in [-0.2, 0) is 28.2 Å². The van der Waals surface area contributed by atoms with Crippen molar-refractivity contribution in [2.24, 2.45) is 5.41 Å². The second-order valence-corrected chi connectivity index (χ2v) is 18.3. The zero-order valence-corrected chi connectivity index (χ0v) is 27.8. The molecule has 0 saturated carbocycles. The number of hydrogen-bond acceptors (Lipinski definition) is 0. The quantitative estimate of drug-likeness (QED) is 0.266. The summed E-state index contributed by atoms with van der Waals surface area (Å²) in [7, 11) is 0. The minimum Gasteiger partial charge on any atom is -1.00 e. The Morgan fingerprint density at radius 3 is 1.90 bits per heavy atom. The Labute approximate surface area is 261 Å². The molecule has 0 heterocycles. The molecule has 40 heavy (non-hydrogen) atoms.